The summed E-state index contributed by atoms with van der Waals surface area (Å²) >= 11 is 0. The minimum Gasteiger partial charge on any atom is -0.396 e. The molecule has 0 amide bonds. The van der Waals surface area contributed by atoms with E-state index in [1.807, 2.05) is 0 Å². The Labute approximate surface area is 137 Å². The van der Waals surface area contributed by atoms with Crippen LogP contribution in [0.25, 0.3) is 0 Å². The van der Waals surface area contributed by atoms with E-state index in [0.717, 1.165) is 25.7 Å². The lowest BCUT2D eigenvalue weighted by Gasteiger charge is -2.34. The molecule has 0 aromatic rings. The average Bonchev–Trinajstić information content (AvgIpc) is 2.49. The highest BCUT2D eigenvalue weighted by Crippen LogP contribution is 2.43. The average molecular weight is 309 g/mol. The van der Waals surface area contributed by atoms with Gasteiger partial charge in [0.25, 0.3) is 0 Å². The first-order valence-electron chi connectivity index (χ1n) is 9.51. The van der Waals surface area contributed by atoms with Crippen molar-refractivity contribution in [3.63, 3.8) is 0 Å². The highest BCUT2D eigenvalue weighted by atomic mass is 16.3. The summed E-state index contributed by atoms with van der Waals surface area (Å²) in [4.78, 5) is 12.5. The van der Waals surface area contributed by atoms with E-state index in [4.69, 9.17) is 0 Å². The van der Waals surface area contributed by atoms with Gasteiger partial charge in [0.05, 0.1) is 0 Å². The Balaban J connectivity index is 2.16. The Bertz CT molecular complexity index is 355. The van der Waals surface area contributed by atoms with Crippen molar-refractivity contribution in [2.45, 2.75) is 85.0 Å². The number of fused-ring (bicyclic) bond motifs is 1. The van der Waals surface area contributed by atoms with Gasteiger partial charge in [-0.05, 0) is 54.8 Å². The summed E-state index contributed by atoms with van der Waals surface area (Å²) in [6.07, 6.45) is 11.4. The van der Waals surface area contributed by atoms with E-state index in [-0.39, 0.29) is 5.41 Å². The smallest absolute Gasteiger partial charge is 0.133 e. The summed E-state index contributed by atoms with van der Waals surface area (Å²) in [5.41, 5.74) is 0.290. The van der Waals surface area contributed by atoms with Crippen LogP contribution in [0.3, 0.4) is 0 Å². The molecule has 2 rings (SSSR count). The van der Waals surface area contributed by atoms with Gasteiger partial charge in [0.1, 0.15) is 5.78 Å². The van der Waals surface area contributed by atoms with Gasteiger partial charge in [-0.1, -0.05) is 46.5 Å². The van der Waals surface area contributed by atoms with Gasteiger partial charge < -0.3 is 5.11 Å². The Morgan fingerprint density at radius 3 is 2.36 bits per heavy atom. The van der Waals surface area contributed by atoms with E-state index in [1.54, 1.807) is 0 Å². The molecule has 0 spiro atoms. The van der Waals surface area contributed by atoms with Crippen molar-refractivity contribution in [1.82, 2.24) is 0 Å². The number of Topliss-reactive ketones (excluding diaryl/α,β-unsaturated/α-hetero) is 1. The summed E-state index contributed by atoms with van der Waals surface area (Å²) < 4.78 is 0. The molecule has 4 unspecified atom stereocenters. The maximum Gasteiger partial charge on any atom is 0.133 e. The number of carbonyl (C=O) groups excluding carboxylic acids is 1. The summed E-state index contributed by atoms with van der Waals surface area (Å²) in [6.45, 7) is 7.17. The molecule has 0 heterocycles. The molecule has 2 aliphatic rings. The number of aliphatic hydroxyl groups excluding tert-OH is 1. The molecule has 2 nitrogen and oxygen atoms in total. The molecule has 22 heavy (non-hydrogen) atoms. The summed E-state index contributed by atoms with van der Waals surface area (Å²) in [7, 11) is 0. The topological polar surface area (TPSA) is 37.3 Å². The lowest BCUT2D eigenvalue weighted by molar-refractivity contribution is -0.120. The highest BCUT2D eigenvalue weighted by molar-refractivity contribution is 5.79. The van der Waals surface area contributed by atoms with Gasteiger partial charge in [0.2, 0.25) is 0 Å². The fourth-order valence-electron chi connectivity index (χ4n) is 5.03. The summed E-state index contributed by atoms with van der Waals surface area (Å²) in [5.74, 6) is 2.54. The van der Waals surface area contributed by atoms with E-state index in [0.29, 0.717) is 36.1 Å². The highest BCUT2D eigenvalue weighted by Gasteiger charge is 2.37. The first kappa shape index (κ1) is 18.0. The monoisotopic (exact) mass is 308 g/mol. The van der Waals surface area contributed by atoms with Crippen LogP contribution in [-0.2, 0) is 4.79 Å². The van der Waals surface area contributed by atoms with Crippen molar-refractivity contribution >= 4 is 5.78 Å². The molecule has 1 N–H and O–H groups in total. The van der Waals surface area contributed by atoms with Gasteiger partial charge in [0.15, 0.2) is 0 Å². The number of carbonyl (C=O) groups is 1. The van der Waals surface area contributed by atoms with Gasteiger partial charge in [-0.15, -0.1) is 0 Å². The Morgan fingerprint density at radius 2 is 1.73 bits per heavy atom. The molecular weight excluding hydrogens is 272 g/mol. The molecule has 0 saturated heterocycles. The van der Waals surface area contributed by atoms with E-state index >= 15 is 0 Å². The van der Waals surface area contributed by atoms with Crippen molar-refractivity contribution in [1.29, 1.82) is 0 Å². The van der Waals surface area contributed by atoms with Gasteiger partial charge in [-0.2, -0.15) is 0 Å². The van der Waals surface area contributed by atoms with Crippen molar-refractivity contribution in [3.8, 4) is 0 Å². The Morgan fingerprint density at radius 1 is 1.05 bits per heavy atom. The van der Waals surface area contributed by atoms with Crippen LogP contribution >= 0.6 is 0 Å². The van der Waals surface area contributed by atoms with Gasteiger partial charge in [-0.25, -0.2) is 0 Å². The molecule has 0 aromatic heterocycles. The third-order valence-electron chi connectivity index (χ3n) is 5.86. The second-order valence-electron chi connectivity index (χ2n) is 9.17. The first-order chi connectivity index (χ1) is 10.4. The molecule has 0 bridgehead atoms. The van der Waals surface area contributed by atoms with E-state index < -0.39 is 0 Å². The zero-order valence-electron chi connectivity index (χ0n) is 14.9. The number of hydrogen-bond donors (Lipinski definition) is 1. The van der Waals surface area contributed by atoms with Crippen molar-refractivity contribution in [2.24, 2.45) is 29.1 Å². The molecule has 2 saturated carbocycles. The lowest BCUT2D eigenvalue weighted by atomic mass is 9.72. The normalized spacial score (nSPS) is 35.0. The minimum atomic E-state index is 0.290. The minimum absolute atomic E-state index is 0.290. The molecule has 2 fully saturated rings. The van der Waals surface area contributed by atoms with Crippen LogP contribution in [-0.4, -0.2) is 17.5 Å². The Kier molecular flexibility index (Phi) is 6.49. The van der Waals surface area contributed by atoms with Crippen LogP contribution < -0.4 is 0 Å². The predicted molar refractivity (Wildman–Crippen MR) is 91.7 cm³/mol. The van der Waals surface area contributed by atoms with Gasteiger partial charge in [0, 0.05) is 19.4 Å². The van der Waals surface area contributed by atoms with Gasteiger partial charge >= 0.3 is 0 Å². The Hall–Kier alpha value is -0.370. The predicted octanol–water partition coefficient (Wildman–Crippen LogP) is 4.99. The summed E-state index contributed by atoms with van der Waals surface area (Å²) in [6, 6.07) is 0. The van der Waals surface area contributed by atoms with Crippen molar-refractivity contribution < 1.29 is 9.90 Å². The second kappa shape index (κ2) is 7.95. The van der Waals surface area contributed by atoms with E-state index in [9.17, 15) is 9.90 Å². The standard InChI is InChI=1S/C20H36O2/c1-20(2,3)13-15-10-18(22)12-16-8-6-4-5-7-9-17(14-21)19(16)11-15/h15-17,19,21H,4-14H2,1-3H3. The number of rotatable bonds is 2. The van der Waals surface area contributed by atoms with Crippen LogP contribution in [0, 0.1) is 29.1 Å². The quantitative estimate of drug-likeness (QED) is 0.780. The zero-order chi connectivity index (χ0) is 16.2. The SMILES string of the molecule is CC(C)(C)CC1CC(=O)CC2CCCCCCC(CO)C2C1. The van der Waals surface area contributed by atoms with Crippen LogP contribution in [0.15, 0.2) is 0 Å². The van der Waals surface area contributed by atoms with E-state index in [1.165, 1.54) is 38.5 Å². The molecular formula is C20H36O2. The van der Waals surface area contributed by atoms with Crippen molar-refractivity contribution in [3.05, 3.63) is 0 Å². The van der Waals surface area contributed by atoms with Crippen LogP contribution in [0.5, 0.6) is 0 Å². The number of hydrogen-bond acceptors (Lipinski definition) is 2. The fraction of sp³-hybridized carbons (Fsp3) is 0.950. The van der Waals surface area contributed by atoms with E-state index in [2.05, 4.69) is 20.8 Å². The molecule has 0 radical (unpaired) electrons. The van der Waals surface area contributed by atoms with Gasteiger partial charge in [-0.3, -0.25) is 4.79 Å². The molecule has 2 heteroatoms. The fourth-order valence-corrected chi connectivity index (χ4v) is 5.03. The molecule has 0 aliphatic heterocycles. The van der Waals surface area contributed by atoms with Crippen LogP contribution in [0.1, 0.15) is 85.0 Å². The third kappa shape index (κ3) is 5.37. The lowest BCUT2D eigenvalue weighted by Crippen LogP contribution is -2.28. The molecule has 4 atom stereocenters. The molecule has 2 aliphatic carbocycles. The number of aliphatic hydroxyl groups is 1. The van der Waals surface area contributed by atoms with Crippen LogP contribution in [0.2, 0.25) is 0 Å². The maximum atomic E-state index is 12.5. The largest absolute Gasteiger partial charge is 0.396 e. The molecule has 128 valence electrons. The summed E-state index contributed by atoms with van der Waals surface area (Å²) in [5, 5.41) is 9.93. The molecule has 0 aromatic carbocycles. The first-order valence-corrected chi connectivity index (χ1v) is 9.51. The zero-order valence-corrected chi connectivity index (χ0v) is 14.9. The van der Waals surface area contributed by atoms with Crippen LogP contribution in [0.4, 0.5) is 0 Å². The number of ketones is 1. The second-order valence-corrected chi connectivity index (χ2v) is 9.17. The van der Waals surface area contributed by atoms with Crippen molar-refractivity contribution in [2.75, 3.05) is 6.61 Å². The third-order valence-corrected chi connectivity index (χ3v) is 5.86. The maximum absolute atomic E-state index is 12.5.